The van der Waals surface area contributed by atoms with Gasteiger partial charge in [-0.1, -0.05) is 62.1 Å². The number of nitrogens with zero attached hydrogens (tertiary/aromatic N) is 6. The number of aryl methyl sites for hydroxylation is 8. The molecule has 0 saturated heterocycles. The van der Waals surface area contributed by atoms with Crippen LogP contribution in [0.1, 0.15) is 95.9 Å². The molecule has 0 unspecified atom stereocenters. The molecule has 14 nitrogen and oxygen atoms in total. The summed E-state index contributed by atoms with van der Waals surface area (Å²) in [7, 11) is 0. The Kier molecular flexibility index (Phi) is 24.1. The summed E-state index contributed by atoms with van der Waals surface area (Å²) in [6, 6.07) is 45.4. The van der Waals surface area contributed by atoms with Gasteiger partial charge in [-0.2, -0.15) is 0 Å². The highest BCUT2D eigenvalue weighted by atomic mass is 16.5. The first-order valence-corrected chi connectivity index (χ1v) is 34.0. The number of hydrogen-bond donors (Lipinski definition) is 0. The second kappa shape index (κ2) is 34.0. The van der Waals surface area contributed by atoms with Crippen LogP contribution in [0.5, 0.6) is 23.0 Å². The van der Waals surface area contributed by atoms with Gasteiger partial charge in [-0.15, -0.1) is 0 Å². The number of benzene rings is 4. The summed E-state index contributed by atoms with van der Waals surface area (Å²) in [5, 5.41) is 0. The molecule has 96 heavy (non-hydrogen) atoms. The lowest BCUT2D eigenvalue weighted by molar-refractivity contribution is 0.0907. The van der Waals surface area contributed by atoms with E-state index in [1.54, 1.807) is 0 Å². The van der Waals surface area contributed by atoms with Gasteiger partial charge in [-0.25, -0.2) is 9.97 Å². The highest BCUT2D eigenvalue weighted by molar-refractivity contribution is 5.77. The van der Waals surface area contributed by atoms with Gasteiger partial charge in [0.15, 0.2) is 0 Å². The van der Waals surface area contributed by atoms with E-state index in [-0.39, 0.29) is 0 Å². The average Bonchev–Trinajstić information content (AvgIpc) is 0.845. The lowest BCUT2D eigenvalue weighted by atomic mass is 9.96. The van der Waals surface area contributed by atoms with Crippen molar-refractivity contribution in [2.24, 2.45) is 0 Å². The van der Waals surface area contributed by atoms with Crippen LogP contribution in [-0.4, -0.2) is 109 Å². The van der Waals surface area contributed by atoms with Crippen LogP contribution >= 0.6 is 0 Å². The second-order valence-corrected chi connectivity index (χ2v) is 24.9. The van der Waals surface area contributed by atoms with E-state index < -0.39 is 0 Å². The van der Waals surface area contributed by atoms with Crippen LogP contribution in [0.15, 0.2) is 158 Å². The summed E-state index contributed by atoms with van der Waals surface area (Å²) in [6.07, 6.45) is 16.1. The lowest BCUT2D eigenvalue weighted by Gasteiger charge is -2.15. The molecule has 0 amide bonds. The molecule has 0 N–H and O–H groups in total. The Morgan fingerprint density at radius 3 is 0.646 bits per heavy atom. The zero-order chi connectivity index (χ0) is 66.6. The minimum absolute atomic E-state index is 0.487. The molecule has 32 rings (SSSR count). The van der Waals surface area contributed by atoms with Gasteiger partial charge in [0.2, 0.25) is 0 Å². The molecule has 28 heterocycles. The Bertz CT molecular complexity index is 3560. The van der Waals surface area contributed by atoms with Gasteiger partial charge in [0.05, 0.1) is 72.0 Å². The number of rotatable bonds is 0. The fourth-order valence-electron chi connectivity index (χ4n) is 12.9. The minimum Gasteiger partial charge on any atom is -0.491 e. The molecule has 0 aliphatic carbocycles. The first-order chi connectivity index (χ1) is 46.9. The van der Waals surface area contributed by atoms with E-state index in [0.29, 0.717) is 79.3 Å². The Labute approximate surface area is 566 Å². The van der Waals surface area contributed by atoms with Crippen molar-refractivity contribution in [3.63, 3.8) is 0 Å². The van der Waals surface area contributed by atoms with Crippen molar-refractivity contribution >= 4 is 0 Å². The SMILES string of the molecule is Cc1cc2cc(C)c1-c1ccc(nc1)-c1cccc(n1)-c1ccc(cn1)-c1c(C)cc(cc1C)OCCOCCCCCCOCCOc1cc(C)c(c(C)c1)-c1ccc(nc1)-c1cccc(n1)-c1ccc(cn1)-c1c(C)cc(cc1C)OCCOCCCCCCOCCO2. The zero-order valence-corrected chi connectivity index (χ0v) is 57.1. The molecule has 0 spiro atoms. The third kappa shape index (κ3) is 18.2. The summed E-state index contributed by atoms with van der Waals surface area (Å²) in [5.74, 6) is 3.34. The molecule has 20 bridgehead atoms. The fourth-order valence-corrected chi connectivity index (χ4v) is 12.9. The van der Waals surface area contributed by atoms with Gasteiger partial charge in [-0.3, -0.25) is 19.9 Å². The van der Waals surface area contributed by atoms with Crippen LogP contribution in [0.4, 0.5) is 0 Å². The van der Waals surface area contributed by atoms with Crippen LogP contribution in [0, 0.1) is 55.4 Å². The van der Waals surface area contributed by atoms with Crippen LogP contribution in [0.3, 0.4) is 0 Å². The van der Waals surface area contributed by atoms with E-state index in [0.717, 1.165) is 209 Å². The molecular weight excluding hydrogens is 1200 g/mol. The van der Waals surface area contributed by atoms with Gasteiger partial charge in [0.1, 0.15) is 49.4 Å². The molecule has 0 radical (unpaired) electrons. The predicted molar refractivity (Wildman–Crippen MR) is 383 cm³/mol. The van der Waals surface area contributed by atoms with E-state index in [2.05, 4.69) is 128 Å². The van der Waals surface area contributed by atoms with E-state index in [1.165, 1.54) is 0 Å². The minimum atomic E-state index is 0.487. The Hall–Kier alpha value is -9.18. The summed E-state index contributed by atoms with van der Waals surface area (Å²) in [4.78, 5) is 29.6. The normalized spacial score (nSPS) is 14.8. The van der Waals surface area contributed by atoms with Gasteiger partial charge in [0.25, 0.3) is 0 Å². The van der Waals surface area contributed by atoms with Crippen molar-refractivity contribution in [2.75, 3.05) is 79.3 Å². The molecular formula is C82H90N6O8. The van der Waals surface area contributed by atoms with Gasteiger partial charge in [-0.05, 0) is 245 Å². The van der Waals surface area contributed by atoms with Crippen molar-refractivity contribution in [2.45, 2.75) is 107 Å². The van der Waals surface area contributed by atoms with Crippen molar-refractivity contribution in [3.05, 3.63) is 203 Å². The Morgan fingerprint density at radius 2 is 0.448 bits per heavy atom. The molecule has 0 fully saturated rings. The smallest absolute Gasteiger partial charge is 0.119 e. The third-order valence-corrected chi connectivity index (χ3v) is 17.4. The van der Waals surface area contributed by atoms with E-state index >= 15 is 0 Å². The fraction of sp³-hybridized carbons (Fsp3) is 0.341. The van der Waals surface area contributed by atoms with Crippen molar-refractivity contribution in [3.8, 4) is 113 Å². The average molecular weight is 1290 g/mol. The van der Waals surface area contributed by atoms with Crippen molar-refractivity contribution in [1.82, 2.24) is 29.9 Å². The third-order valence-electron chi connectivity index (χ3n) is 17.4. The summed E-state index contributed by atoms with van der Waals surface area (Å²) in [6.45, 7) is 23.9. The van der Waals surface area contributed by atoms with Gasteiger partial charge >= 0.3 is 0 Å². The summed E-state index contributed by atoms with van der Waals surface area (Å²) < 4.78 is 48.5. The standard InChI is InChI=1S/C82H90N6O8/c1-55-43-67-44-56(2)79(55)63-23-27-71(83-51-63)75-19-17-20-76(87-75)72-28-24-64(52-84-72)80-57(3)45-68(46-58(80)4)95-41-37-91-33-15-11-12-16-34-92-38-42-96-70-49-61(7)82(62(8)50-70)66-26-30-74(86-54-66)78-22-18-21-77(88-78)73-29-25-65(53-85-73)81-59(5)47-69(48-60(81)6)94-40-36-90-32-14-10-9-13-31-89-35-39-93-67/h17-30,43-54H,9-16,31-42H2,1-8H3. The molecule has 0 saturated carbocycles. The van der Waals surface area contributed by atoms with Crippen LogP contribution in [0.25, 0.3) is 90.1 Å². The molecule has 22 aliphatic rings. The summed E-state index contributed by atoms with van der Waals surface area (Å²) in [5.41, 5.74) is 24.0. The molecule has 6 aromatic heterocycles. The molecule has 4 aromatic carbocycles. The number of hydrogen-bond acceptors (Lipinski definition) is 14. The number of aromatic nitrogens is 6. The second-order valence-electron chi connectivity index (χ2n) is 24.9. The van der Waals surface area contributed by atoms with E-state index in [4.69, 9.17) is 67.8 Å². The molecule has 496 valence electrons. The zero-order valence-electron chi connectivity index (χ0n) is 57.1. The number of pyridine rings is 6. The Balaban J connectivity index is 0.678. The topological polar surface area (TPSA) is 151 Å². The van der Waals surface area contributed by atoms with Crippen LogP contribution in [-0.2, 0) is 18.9 Å². The Morgan fingerprint density at radius 1 is 0.229 bits per heavy atom. The maximum atomic E-state index is 6.16. The summed E-state index contributed by atoms with van der Waals surface area (Å²) >= 11 is 0. The molecule has 0 atom stereocenters. The first kappa shape index (κ1) is 68.2. The van der Waals surface area contributed by atoms with Crippen molar-refractivity contribution < 1.29 is 37.9 Å². The van der Waals surface area contributed by atoms with Crippen LogP contribution < -0.4 is 18.9 Å². The lowest BCUT2D eigenvalue weighted by Crippen LogP contribution is -2.08. The monoisotopic (exact) mass is 1290 g/mol. The van der Waals surface area contributed by atoms with E-state index in [9.17, 15) is 0 Å². The maximum Gasteiger partial charge on any atom is 0.119 e. The van der Waals surface area contributed by atoms with Gasteiger partial charge in [0, 0.05) is 73.5 Å². The maximum absolute atomic E-state index is 6.16. The predicted octanol–water partition coefficient (Wildman–Crippen LogP) is 18.3. The highest BCUT2D eigenvalue weighted by Gasteiger charge is 2.17. The van der Waals surface area contributed by atoms with E-state index in [1.807, 2.05) is 85.5 Å². The molecule has 10 aromatic rings. The van der Waals surface area contributed by atoms with Crippen LogP contribution in [0.2, 0.25) is 0 Å². The quantitative estimate of drug-likeness (QED) is 0.142. The number of ether oxygens (including phenoxy) is 8. The first-order valence-electron chi connectivity index (χ1n) is 34.0. The highest BCUT2D eigenvalue weighted by Crippen LogP contribution is 2.37. The molecule has 22 aliphatic heterocycles. The molecule has 14 heteroatoms. The largest absolute Gasteiger partial charge is 0.491 e. The van der Waals surface area contributed by atoms with Gasteiger partial charge < -0.3 is 37.9 Å². The van der Waals surface area contributed by atoms with Crippen molar-refractivity contribution in [1.29, 1.82) is 0 Å².